The van der Waals surface area contributed by atoms with Crippen molar-refractivity contribution in [2.24, 2.45) is 0 Å². The second-order valence-electron chi connectivity index (χ2n) is 4.83. The molecule has 118 valence electrons. The van der Waals surface area contributed by atoms with Crippen LogP contribution in [0.4, 0.5) is 0 Å². The lowest BCUT2D eigenvalue weighted by molar-refractivity contribution is -0.124. The Morgan fingerprint density at radius 3 is 2.39 bits per heavy atom. The van der Waals surface area contributed by atoms with Crippen molar-refractivity contribution in [1.82, 2.24) is 10.6 Å². The summed E-state index contributed by atoms with van der Waals surface area (Å²) in [5.74, 6) is -0.535. The fourth-order valence-corrected chi connectivity index (χ4v) is 2.28. The molecule has 0 heterocycles. The van der Waals surface area contributed by atoms with Gasteiger partial charge in [-0.2, -0.15) is 0 Å². The number of carbonyl (C=O) groups is 2. The van der Waals surface area contributed by atoms with E-state index in [2.05, 4.69) is 26.6 Å². The molecule has 4 nitrogen and oxygen atoms in total. The van der Waals surface area contributed by atoms with Gasteiger partial charge in [-0.3, -0.25) is 9.59 Å². The quantitative estimate of drug-likeness (QED) is 0.765. The molecule has 0 bridgehead atoms. The standard InChI is InChI=1S/C18H17BrN2O2/c19-16-9-5-4-8-15(16)10-11-17(22)21-13-18(23)20-12-14-6-2-1-3-7-14/h1-11H,12-13H2,(H,20,23)(H,21,22)/b11-10+. The maximum absolute atomic E-state index is 11.7. The predicted octanol–water partition coefficient (Wildman–Crippen LogP) is 2.89. The van der Waals surface area contributed by atoms with Crippen molar-refractivity contribution in [3.63, 3.8) is 0 Å². The maximum Gasteiger partial charge on any atom is 0.244 e. The highest BCUT2D eigenvalue weighted by Gasteiger charge is 2.03. The summed E-state index contributed by atoms with van der Waals surface area (Å²) in [5, 5.41) is 5.31. The molecule has 0 saturated heterocycles. The zero-order valence-corrected chi connectivity index (χ0v) is 14.0. The smallest absolute Gasteiger partial charge is 0.244 e. The van der Waals surface area contributed by atoms with E-state index in [1.54, 1.807) is 6.08 Å². The molecule has 2 N–H and O–H groups in total. The molecule has 0 fully saturated rings. The molecule has 0 aliphatic carbocycles. The molecular weight excluding hydrogens is 356 g/mol. The van der Waals surface area contributed by atoms with Crippen LogP contribution in [-0.4, -0.2) is 18.4 Å². The molecule has 0 atom stereocenters. The van der Waals surface area contributed by atoms with Crippen LogP contribution in [0.25, 0.3) is 6.08 Å². The normalized spacial score (nSPS) is 10.5. The average Bonchev–Trinajstić information content (AvgIpc) is 2.58. The van der Waals surface area contributed by atoms with E-state index >= 15 is 0 Å². The number of benzene rings is 2. The fourth-order valence-electron chi connectivity index (χ4n) is 1.86. The van der Waals surface area contributed by atoms with Crippen LogP contribution in [0.15, 0.2) is 65.1 Å². The minimum atomic E-state index is -0.310. The zero-order chi connectivity index (χ0) is 16.5. The third-order valence-electron chi connectivity index (χ3n) is 3.08. The van der Waals surface area contributed by atoms with E-state index < -0.39 is 0 Å². The molecule has 0 aliphatic rings. The van der Waals surface area contributed by atoms with E-state index in [9.17, 15) is 9.59 Å². The van der Waals surface area contributed by atoms with Crippen molar-refractivity contribution in [2.75, 3.05) is 6.54 Å². The van der Waals surface area contributed by atoms with Crippen LogP contribution < -0.4 is 10.6 Å². The second-order valence-corrected chi connectivity index (χ2v) is 5.69. The highest BCUT2D eigenvalue weighted by Crippen LogP contribution is 2.16. The molecule has 2 aromatic carbocycles. The van der Waals surface area contributed by atoms with Crippen LogP contribution in [0, 0.1) is 0 Å². The van der Waals surface area contributed by atoms with Crippen molar-refractivity contribution >= 4 is 33.8 Å². The minimum absolute atomic E-state index is 0.0496. The maximum atomic E-state index is 11.7. The molecule has 2 aromatic rings. The number of hydrogen-bond donors (Lipinski definition) is 2. The number of rotatable bonds is 6. The predicted molar refractivity (Wildman–Crippen MR) is 94.5 cm³/mol. The van der Waals surface area contributed by atoms with Gasteiger partial charge in [-0.15, -0.1) is 0 Å². The van der Waals surface area contributed by atoms with Gasteiger partial charge in [0.15, 0.2) is 0 Å². The van der Waals surface area contributed by atoms with Crippen molar-refractivity contribution < 1.29 is 9.59 Å². The lowest BCUT2D eigenvalue weighted by Gasteiger charge is -2.05. The Balaban J connectivity index is 1.73. The Morgan fingerprint density at radius 1 is 0.957 bits per heavy atom. The summed E-state index contributed by atoms with van der Waals surface area (Å²) in [5.41, 5.74) is 1.91. The molecule has 2 rings (SSSR count). The zero-order valence-electron chi connectivity index (χ0n) is 12.5. The summed E-state index contributed by atoms with van der Waals surface area (Å²) in [6.45, 7) is 0.397. The first-order valence-electron chi connectivity index (χ1n) is 7.16. The summed E-state index contributed by atoms with van der Waals surface area (Å²) in [4.78, 5) is 23.4. The van der Waals surface area contributed by atoms with Crippen LogP contribution in [0.2, 0.25) is 0 Å². The Bertz CT molecular complexity index is 699. The molecule has 0 spiro atoms. The second kappa shape index (κ2) is 8.90. The number of hydrogen-bond acceptors (Lipinski definition) is 2. The van der Waals surface area contributed by atoms with Crippen LogP contribution >= 0.6 is 15.9 Å². The van der Waals surface area contributed by atoms with E-state index in [-0.39, 0.29) is 18.4 Å². The van der Waals surface area contributed by atoms with Crippen LogP contribution in [0.3, 0.4) is 0 Å². The molecule has 0 saturated carbocycles. The largest absolute Gasteiger partial charge is 0.350 e. The van der Waals surface area contributed by atoms with Gasteiger partial charge in [0.25, 0.3) is 0 Å². The number of amides is 2. The summed E-state index contributed by atoms with van der Waals surface area (Å²) < 4.78 is 0.907. The van der Waals surface area contributed by atoms with Crippen LogP contribution in [-0.2, 0) is 16.1 Å². The van der Waals surface area contributed by atoms with Crippen LogP contribution in [0.1, 0.15) is 11.1 Å². The average molecular weight is 373 g/mol. The van der Waals surface area contributed by atoms with Gasteiger partial charge in [-0.1, -0.05) is 64.5 Å². The van der Waals surface area contributed by atoms with E-state index in [0.29, 0.717) is 6.54 Å². The van der Waals surface area contributed by atoms with Crippen molar-refractivity contribution in [3.8, 4) is 0 Å². The Morgan fingerprint density at radius 2 is 1.65 bits per heavy atom. The van der Waals surface area contributed by atoms with Crippen molar-refractivity contribution in [3.05, 3.63) is 76.3 Å². The first-order chi connectivity index (χ1) is 11.1. The number of nitrogens with one attached hydrogen (secondary N) is 2. The van der Waals surface area contributed by atoms with E-state index in [0.717, 1.165) is 15.6 Å². The Kier molecular flexibility index (Phi) is 6.56. The van der Waals surface area contributed by atoms with E-state index in [4.69, 9.17) is 0 Å². The van der Waals surface area contributed by atoms with Crippen LogP contribution in [0.5, 0.6) is 0 Å². The summed E-state index contributed by atoms with van der Waals surface area (Å²) in [6.07, 6.45) is 3.10. The monoisotopic (exact) mass is 372 g/mol. The summed E-state index contributed by atoms with van der Waals surface area (Å²) >= 11 is 3.40. The van der Waals surface area contributed by atoms with Gasteiger partial charge in [0.05, 0.1) is 6.54 Å². The van der Waals surface area contributed by atoms with Gasteiger partial charge < -0.3 is 10.6 Å². The first-order valence-corrected chi connectivity index (χ1v) is 7.95. The van der Waals surface area contributed by atoms with E-state index in [1.807, 2.05) is 54.6 Å². The minimum Gasteiger partial charge on any atom is -0.350 e. The van der Waals surface area contributed by atoms with Gasteiger partial charge in [0.1, 0.15) is 0 Å². The molecule has 23 heavy (non-hydrogen) atoms. The molecular formula is C18H17BrN2O2. The van der Waals surface area contributed by atoms with Gasteiger partial charge >= 0.3 is 0 Å². The number of halogens is 1. The first kappa shape index (κ1) is 17.0. The Labute approximate surface area is 143 Å². The van der Waals surface area contributed by atoms with E-state index in [1.165, 1.54) is 6.08 Å². The highest BCUT2D eigenvalue weighted by atomic mass is 79.9. The lowest BCUT2D eigenvalue weighted by Crippen LogP contribution is -2.35. The van der Waals surface area contributed by atoms with Gasteiger partial charge in [0.2, 0.25) is 11.8 Å². The molecule has 0 aromatic heterocycles. The van der Waals surface area contributed by atoms with Crippen molar-refractivity contribution in [1.29, 1.82) is 0 Å². The Hall–Kier alpha value is -2.40. The SMILES string of the molecule is O=C(/C=C/c1ccccc1Br)NCC(=O)NCc1ccccc1. The fraction of sp³-hybridized carbons (Fsp3) is 0.111. The third kappa shape index (κ3) is 6.08. The van der Waals surface area contributed by atoms with Gasteiger partial charge in [-0.05, 0) is 23.3 Å². The summed E-state index contributed by atoms with van der Waals surface area (Å²) in [6, 6.07) is 17.2. The molecule has 0 aliphatic heterocycles. The van der Waals surface area contributed by atoms with Crippen molar-refractivity contribution in [2.45, 2.75) is 6.54 Å². The highest BCUT2D eigenvalue weighted by molar-refractivity contribution is 9.10. The molecule has 2 amide bonds. The molecule has 5 heteroatoms. The molecule has 0 unspecified atom stereocenters. The third-order valence-corrected chi connectivity index (χ3v) is 3.80. The topological polar surface area (TPSA) is 58.2 Å². The lowest BCUT2D eigenvalue weighted by atomic mass is 10.2. The summed E-state index contributed by atoms with van der Waals surface area (Å²) in [7, 11) is 0. The number of carbonyl (C=O) groups excluding carboxylic acids is 2. The van der Waals surface area contributed by atoms with Gasteiger partial charge in [-0.25, -0.2) is 0 Å². The van der Waals surface area contributed by atoms with Gasteiger partial charge in [0, 0.05) is 17.1 Å². The molecule has 0 radical (unpaired) electrons.